The standard InChI is InChI=1S/C13H17NO6S/c15-10-8-18-5-4-9(10)14-21(16,17)12-3-1-2-11-13(12)20-7-6-19-11/h1-3,9-10,14-15H,4-8H2/t9-,10-/m1/s1. The van der Waals surface area contributed by atoms with Gasteiger partial charge in [-0.2, -0.15) is 0 Å². The molecule has 0 unspecified atom stereocenters. The van der Waals surface area contributed by atoms with E-state index in [0.717, 1.165) is 0 Å². The molecule has 0 aromatic heterocycles. The van der Waals surface area contributed by atoms with Gasteiger partial charge < -0.3 is 19.3 Å². The molecule has 2 heterocycles. The second-order valence-corrected chi connectivity index (χ2v) is 6.62. The van der Waals surface area contributed by atoms with Crippen molar-refractivity contribution in [2.24, 2.45) is 0 Å². The van der Waals surface area contributed by atoms with Gasteiger partial charge in [-0.1, -0.05) is 6.07 Å². The summed E-state index contributed by atoms with van der Waals surface area (Å²) in [7, 11) is -3.80. The molecule has 8 heteroatoms. The Labute approximate surface area is 122 Å². The molecule has 3 rings (SSSR count). The van der Waals surface area contributed by atoms with Gasteiger partial charge in [-0.3, -0.25) is 0 Å². The van der Waals surface area contributed by atoms with Crippen LogP contribution in [0.3, 0.4) is 0 Å². The van der Waals surface area contributed by atoms with Crippen molar-refractivity contribution in [3.05, 3.63) is 18.2 Å². The fourth-order valence-electron chi connectivity index (χ4n) is 2.38. The Morgan fingerprint density at radius 1 is 1.19 bits per heavy atom. The molecule has 1 aromatic rings. The predicted octanol–water partition coefficient (Wildman–Crippen LogP) is -0.114. The molecule has 116 valence electrons. The van der Waals surface area contributed by atoms with Crippen LogP contribution in [0.15, 0.2) is 23.1 Å². The van der Waals surface area contributed by atoms with Gasteiger partial charge in [-0.25, -0.2) is 13.1 Å². The summed E-state index contributed by atoms with van der Waals surface area (Å²) in [6.45, 7) is 1.23. The summed E-state index contributed by atoms with van der Waals surface area (Å²) in [6.07, 6.45) is -0.433. The largest absolute Gasteiger partial charge is 0.486 e. The zero-order valence-corrected chi connectivity index (χ0v) is 12.1. The summed E-state index contributed by atoms with van der Waals surface area (Å²) in [6, 6.07) is 4.16. The molecule has 0 radical (unpaired) electrons. The molecule has 7 nitrogen and oxygen atoms in total. The first-order chi connectivity index (χ1) is 10.1. The van der Waals surface area contributed by atoms with Crippen molar-refractivity contribution in [2.45, 2.75) is 23.5 Å². The van der Waals surface area contributed by atoms with Crippen molar-refractivity contribution in [3.63, 3.8) is 0 Å². The molecule has 2 aliphatic heterocycles. The van der Waals surface area contributed by atoms with Gasteiger partial charge in [0.2, 0.25) is 10.0 Å². The lowest BCUT2D eigenvalue weighted by atomic mass is 10.1. The molecule has 2 N–H and O–H groups in total. The number of aliphatic hydroxyl groups is 1. The molecule has 0 amide bonds. The lowest BCUT2D eigenvalue weighted by molar-refractivity contribution is -0.0222. The first-order valence-corrected chi connectivity index (χ1v) is 8.23. The van der Waals surface area contributed by atoms with Crippen molar-refractivity contribution >= 4 is 10.0 Å². The molecule has 0 saturated carbocycles. The van der Waals surface area contributed by atoms with Gasteiger partial charge in [0, 0.05) is 6.61 Å². The van der Waals surface area contributed by atoms with Crippen molar-refractivity contribution in [3.8, 4) is 11.5 Å². The highest BCUT2D eigenvalue weighted by Gasteiger charge is 2.31. The quantitative estimate of drug-likeness (QED) is 0.808. The Hall–Kier alpha value is -1.35. The Balaban J connectivity index is 1.88. The van der Waals surface area contributed by atoms with Crippen LogP contribution >= 0.6 is 0 Å². The lowest BCUT2D eigenvalue weighted by Gasteiger charge is -2.29. The molecule has 1 aromatic carbocycles. The van der Waals surface area contributed by atoms with Crippen LogP contribution < -0.4 is 14.2 Å². The van der Waals surface area contributed by atoms with E-state index >= 15 is 0 Å². The highest BCUT2D eigenvalue weighted by Crippen LogP contribution is 2.36. The molecule has 0 bridgehead atoms. The van der Waals surface area contributed by atoms with Gasteiger partial charge in [-0.15, -0.1) is 0 Å². The Kier molecular flexibility index (Phi) is 4.03. The van der Waals surface area contributed by atoms with E-state index in [-0.39, 0.29) is 17.3 Å². The van der Waals surface area contributed by atoms with Crippen molar-refractivity contribution < 1.29 is 27.7 Å². The topological polar surface area (TPSA) is 94.1 Å². The number of ether oxygens (including phenoxy) is 3. The minimum Gasteiger partial charge on any atom is -0.486 e. The predicted molar refractivity (Wildman–Crippen MR) is 73.0 cm³/mol. The average Bonchev–Trinajstić information content (AvgIpc) is 2.49. The Morgan fingerprint density at radius 3 is 2.81 bits per heavy atom. The molecule has 2 aliphatic rings. The molecule has 2 atom stereocenters. The van der Waals surface area contributed by atoms with E-state index in [1.807, 2.05) is 0 Å². The number of nitrogens with one attached hydrogen (secondary N) is 1. The van der Waals surface area contributed by atoms with Crippen LogP contribution in [0.5, 0.6) is 11.5 Å². The van der Waals surface area contributed by atoms with Crippen molar-refractivity contribution in [1.29, 1.82) is 0 Å². The summed E-state index contributed by atoms with van der Waals surface area (Å²) < 4.78 is 43.5. The maximum atomic E-state index is 12.5. The van der Waals surface area contributed by atoms with Crippen LogP contribution in [0.25, 0.3) is 0 Å². The number of aliphatic hydroxyl groups excluding tert-OH is 1. The van der Waals surface area contributed by atoms with Crippen LogP contribution in [0.2, 0.25) is 0 Å². The van der Waals surface area contributed by atoms with Crippen molar-refractivity contribution in [2.75, 3.05) is 26.4 Å². The minimum absolute atomic E-state index is 0.0263. The van der Waals surface area contributed by atoms with Gasteiger partial charge in [0.15, 0.2) is 11.5 Å². The van der Waals surface area contributed by atoms with Crippen LogP contribution in [0.4, 0.5) is 0 Å². The summed E-state index contributed by atoms with van der Waals surface area (Å²) in [5.74, 6) is 0.634. The van der Waals surface area contributed by atoms with E-state index in [9.17, 15) is 13.5 Å². The molecular formula is C13H17NO6S. The van der Waals surface area contributed by atoms with E-state index in [4.69, 9.17) is 14.2 Å². The maximum Gasteiger partial charge on any atom is 0.244 e. The van der Waals surface area contributed by atoms with Gasteiger partial charge in [0.1, 0.15) is 18.1 Å². The third-order valence-electron chi connectivity index (χ3n) is 3.45. The minimum atomic E-state index is -3.80. The number of hydrogen-bond donors (Lipinski definition) is 2. The van der Waals surface area contributed by atoms with Gasteiger partial charge in [-0.05, 0) is 18.6 Å². The number of sulfonamides is 1. The number of fused-ring (bicyclic) bond motifs is 1. The smallest absolute Gasteiger partial charge is 0.244 e. The monoisotopic (exact) mass is 315 g/mol. The zero-order valence-electron chi connectivity index (χ0n) is 11.3. The van der Waals surface area contributed by atoms with E-state index in [2.05, 4.69) is 4.72 Å². The molecule has 21 heavy (non-hydrogen) atoms. The number of para-hydroxylation sites is 1. The molecule has 0 spiro atoms. The summed E-state index contributed by atoms with van der Waals surface area (Å²) in [5.41, 5.74) is 0. The zero-order chi connectivity index (χ0) is 14.9. The van der Waals surface area contributed by atoms with E-state index in [1.165, 1.54) is 6.07 Å². The molecule has 1 saturated heterocycles. The second kappa shape index (κ2) is 5.80. The fraction of sp³-hybridized carbons (Fsp3) is 0.538. The average molecular weight is 315 g/mol. The van der Waals surface area contributed by atoms with Crippen LogP contribution in [0, 0.1) is 0 Å². The summed E-state index contributed by atoms with van der Waals surface area (Å²) in [4.78, 5) is 0.0263. The normalized spacial score (nSPS) is 25.6. The fourth-order valence-corrected chi connectivity index (χ4v) is 3.84. The third-order valence-corrected chi connectivity index (χ3v) is 4.97. The number of benzene rings is 1. The molecule has 0 aliphatic carbocycles. The Morgan fingerprint density at radius 2 is 2.00 bits per heavy atom. The highest BCUT2D eigenvalue weighted by molar-refractivity contribution is 7.89. The highest BCUT2D eigenvalue weighted by atomic mass is 32.2. The number of hydrogen-bond acceptors (Lipinski definition) is 6. The van der Waals surface area contributed by atoms with Crippen LogP contribution in [-0.4, -0.2) is 52.1 Å². The van der Waals surface area contributed by atoms with Crippen LogP contribution in [0.1, 0.15) is 6.42 Å². The van der Waals surface area contributed by atoms with Gasteiger partial charge >= 0.3 is 0 Å². The summed E-state index contributed by atoms with van der Waals surface area (Å²) >= 11 is 0. The van der Waals surface area contributed by atoms with Crippen molar-refractivity contribution in [1.82, 2.24) is 4.72 Å². The Bertz CT molecular complexity index is 617. The summed E-state index contributed by atoms with van der Waals surface area (Å²) in [5, 5.41) is 9.81. The van der Waals surface area contributed by atoms with Crippen LogP contribution in [-0.2, 0) is 14.8 Å². The van der Waals surface area contributed by atoms with E-state index in [1.54, 1.807) is 12.1 Å². The third kappa shape index (κ3) is 2.98. The first-order valence-electron chi connectivity index (χ1n) is 6.75. The molecule has 1 fully saturated rings. The first kappa shape index (κ1) is 14.6. The van der Waals surface area contributed by atoms with Gasteiger partial charge in [0.05, 0.1) is 18.8 Å². The van der Waals surface area contributed by atoms with E-state index < -0.39 is 22.2 Å². The number of rotatable bonds is 3. The lowest BCUT2D eigenvalue weighted by Crippen LogP contribution is -2.48. The second-order valence-electron chi connectivity index (χ2n) is 4.94. The van der Waals surface area contributed by atoms with Gasteiger partial charge in [0.25, 0.3) is 0 Å². The SMILES string of the molecule is O=S(=O)(N[C@@H]1CCOC[C@H]1O)c1cccc2c1OCCO2. The molecular weight excluding hydrogens is 298 g/mol. The van der Waals surface area contributed by atoms with E-state index in [0.29, 0.717) is 32.0 Å². The maximum absolute atomic E-state index is 12.5.